The first-order chi connectivity index (χ1) is 8.13. The average Bonchev–Trinajstić information content (AvgIpc) is 2.36. The van der Waals surface area contributed by atoms with E-state index in [4.69, 9.17) is 10.9 Å². The number of anilines is 1. The minimum Gasteiger partial charge on any atom is -0.409 e. The first-order valence-electron chi connectivity index (χ1n) is 5.17. The topological polar surface area (TPSA) is 90.9 Å². The van der Waals surface area contributed by atoms with E-state index >= 15 is 0 Å². The van der Waals surface area contributed by atoms with Crippen LogP contribution < -0.4 is 11.1 Å². The lowest BCUT2D eigenvalue weighted by molar-refractivity contribution is 0.223. The molecular weight excluding hydrogens is 220 g/mol. The molecule has 6 nitrogen and oxygen atoms in total. The van der Waals surface area contributed by atoms with Crippen LogP contribution in [-0.2, 0) is 0 Å². The van der Waals surface area contributed by atoms with Gasteiger partial charge in [-0.25, -0.2) is 4.79 Å². The van der Waals surface area contributed by atoms with E-state index in [-0.39, 0.29) is 11.9 Å². The number of urea groups is 1. The van der Waals surface area contributed by atoms with Gasteiger partial charge in [0.15, 0.2) is 0 Å². The summed E-state index contributed by atoms with van der Waals surface area (Å²) >= 11 is 0. The highest BCUT2D eigenvalue weighted by molar-refractivity contribution is 5.89. The molecule has 0 unspecified atom stereocenters. The third kappa shape index (κ3) is 4.42. The number of rotatable bonds is 4. The van der Waals surface area contributed by atoms with Crippen LogP contribution in [0.5, 0.6) is 0 Å². The van der Waals surface area contributed by atoms with Gasteiger partial charge in [0, 0.05) is 25.7 Å². The Balaban J connectivity index is 2.42. The van der Waals surface area contributed by atoms with Gasteiger partial charge in [-0.15, -0.1) is 0 Å². The van der Waals surface area contributed by atoms with Crippen molar-refractivity contribution in [3.05, 3.63) is 30.3 Å². The standard InChI is InChI=1S/C11H16N4O2/c1-15(8-7-10(12)14-17)11(16)13-9-5-3-2-4-6-9/h2-6,17H,7-8H2,1H3,(H2,12,14)(H,13,16). The highest BCUT2D eigenvalue weighted by Crippen LogP contribution is 2.05. The van der Waals surface area contributed by atoms with E-state index in [0.717, 1.165) is 5.69 Å². The fourth-order valence-corrected chi connectivity index (χ4v) is 1.17. The van der Waals surface area contributed by atoms with Crippen LogP contribution in [0.3, 0.4) is 0 Å². The third-order valence-electron chi connectivity index (χ3n) is 2.20. The molecule has 0 aliphatic carbocycles. The Morgan fingerprint density at radius 3 is 2.71 bits per heavy atom. The average molecular weight is 236 g/mol. The fourth-order valence-electron chi connectivity index (χ4n) is 1.17. The maximum Gasteiger partial charge on any atom is 0.321 e. The molecule has 0 saturated heterocycles. The van der Waals surface area contributed by atoms with Gasteiger partial charge in [-0.2, -0.15) is 0 Å². The summed E-state index contributed by atoms with van der Waals surface area (Å²) in [6.45, 7) is 0.383. The lowest BCUT2D eigenvalue weighted by atomic mass is 10.3. The molecule has 4 N–H and O–H groups in total. The summed E-state index contributed by atoms with van der Waals surface area (Å²) in [5.41, 5.74) is 6.05. The third-order valence-corrected chi connectivity index (χ3v) is 2.20. The van der Waals surface area contributed by atoms with E-state index in [1.165, 1.54) is 4.90 Å². The number of nitrogens with one attached hydrogen (secondary N) is 1. The molecular formula is C11H16N4O2. The molecule has 0 aromatic heterocycles. The van der Waals surface area contributed by atoms with Gasteiger partial charge in [0.1, 0.15) is 5.84 Å². The Morgan fingerprint density at radius 1 is 1.47 bits per heavy atom. The molecule has 0 radical (unpaired) electrons. The molecule has 1 aromatic carbocycles. The normalized spacial score (nSPS) is 11.0. The van der Waals surface area contributed by atoms with Crippen LogP contribution in [0.2, 0.25) is 0 Å². The molecule has 1 aromatic rings. The number of para-hydroxylation sites is 1. The largest absolute Gasteiger partial charge is 0.409 e. The van der Waals surface area contributed by atoms with Crippen LogP contribution in [0.15, 0.2) is 35.5 Å². The Morgan fingerprint density at radius 2 is 2.12 bits per heavy atom. The van der Waals surface area contributed by atoms with Crippen molar-refractivity contribution in [2.24, 2.45) is 10.9 Å². The van der Waals surface area contributed by atoms with Crippen molar-refractivity contribution in [2.45, 2.75) is 6.42 Å². The van der Waals surface area contributed by atoms with Crippen molar-refractivity contribution in [2.75, 3.05) is 18.9 Å². The van der Waals surface area contributed by atoms with Crippen molar-refractivity contribution in [1.82, 2.24) is 4.90 Å². The summed E-state index contributed by atoms with van der Waals surface area (Å²) < 4.78 is 0. The zero-order valence-corrected chi connectivity index (χ0v) is 9.63. The van der Waals surface area contributed by atoms with Gasteiger partial charge < -0.3 is 21.2 Å². The number of carbonyl (C=O) groups excluding carboxylic acids is 1. The van der Waals surface area contributed by atoms with Crippen molar-refractivity contribution in [1.29, 1.82) is 0 Å². The zero-order valence-electron chi connectivity index (χ0n) is 9.63. The van der Waals surface area contributed by atoms with Gasteiger partial charge in [0.25, 0.3) is 0 Å². The summed E-state index contributed by atoms with van der Waals surface area (Å²) in [5.74, 6) is 0.101. The minimum absolute atomic E-state index is 0.101. The molecule has 2 amide bonds. The van der Waals surface area contributed by atoms with Crippen LogP contribution in [0, 0.1) is 0 Å². The number of carbonyl (C=O) groups is 1. The van der Waals surface area contributed by atoms with Gasteiger partial charge in [-0.1, -0.05) is 23.4 Å². The van der Waals surface area contributed by atoms with E-state index in [1.807, 2.05) is 18.2 Å². The maximum atomic E-state index is 11.7. The summed E-state index contributed by atoms with van der Waals surface area (Å²) in [4.78, 5) is 13.1. The number of oxime groups is 1. The van der Waals surface area contributed by atoms with E-state index in [1.54, 1.807) is 19.2 Å². The number of benzene rings is 1. The first-order valence-corrected chi connectivity index (χ1v) is 5.17. The first kappa shape index (κ1) is 12.8. The number of hydrogen-bond acceptors (Lipinski definition) is 3. The molecule has 0 fully saturated rings. The lowest BCUT2D eigenvalue weighted by Gasteiger charge is -2.17. The molecule has 0 atom stereocenters. The molecule has 0 spiro atoms. The Labute approximate surface area is 99.7 Å². The van der Waals surface area contributed by atoms with Crippen molar-refractivity contribution < 1.29 is 10.0 Å². The molecule has 0 saturated carbocycles. The summed E-state index contributed by atoms with van der Waals surface area (Å²) in [7, 11) is 1.64. The van der Waals surface area contributed by atoms with Gasteiger partial charge in [-0.3, -0.25) is 0 Å². The SMILES string of the molecule is CN(CC/C(N)=N/O)C(=O)Nc1ccccc1. The quantitative estimate of drug-likeness (QED) is 0.318. The predicted molar refractivity (Wildman–Crippen MR) is 66.1 cm³/mol. The van der Waals surface area contributed by atoms with Crippen LogP contribution in [0.4, 0.5) is 10.5 Å². The molecule has 0 aliphatic heterocycles. The second kappa shape index (κ2) is 6.37. The molecule has 0 heterocycles. The molecule has 92 valence electrons. The number of nitrogens with two attached hydrogens (primary N) is 1. The molecule has 0 bridgehead atoms. The van der Waals surface area contributed by atoms with Gasteiger partial charge in [-0.05, 0) is 12.1 Å². The second-order valence-electron chi connectivity index (χ2n) is 3.56. The molecule has 1 rings (SSSR count). The summed E-state index contributed by atoms with van der Waals surface area (Å²) in [6, 6.07) is 8.92. The minimum atomic E-state index is -0.234. The molecule has 6 heteroatoms. The van der Waals surface area contributed by atoms with Crippen LogP contribution in [-0.4, -0.2) is 35.6 Å². The van der Waals surface area contributed by atoms with E-state index < -0.39 is 0 Å². The number of amides is 2. The highest BCUT2D eigenvalue weighted by Gasteiger charge is 2.08. The monoisotopic (exact) mass is 236 g/mol. The van der Waals surface area contributed by atoms with E-state index in [9.17, 15) is 4.79 Å². The van der Waals surface area contributed by atoms with Crippen molar-refractivity contribution >= 4 is 17.6 Å². The number of hydrogen-bond donors (Lipinski definition) is 3. The molecule has 17 heavy (non-hydrogen) atoms. The lowest BCUT2D eigenvalue weighted by Crippen LogP contribution is -2.34. The van der Waals surface area contributed by atoms with Crippen molar-refractivity contribution in [3.8, 4) is 0 Å². The van der Waals surface area contributed by atoms with Crippen LogP contribution in [0.1, 0.15) is 6.42 Å². The Kier molecular flexibility index (Phi) is 4.80. The highest BCUT2D eigenvalue weighted by atomic mass is 16.4. The summed E-state index contributed by atoms with van der Waals surface area (Å²) in [5, 5.41) is 13.9. The number of nitrogens with zero attached hydrogens (tertiary/aromatic N) is 2. The summed E-state index contributed by atoms with van der Waals surface area (Å²) in [6.07, 6.45) is 0.329. The van der Waals surface area contributed by atoms with Crippen LogP contribution in [0.25, 0.3) is 0 Å². The Hall–Kier alpha value is -2.24. The van der Waals surface area contributed by atoms with Gasteiger partial charge in [0.05, 0.1) is 0 Å². The smallest absolute Gasteiger partial charge is 0.321 e. The van der Waals surface area contributed by atoms with E-state index in [2.05, 4.69) is 10.5 Å². The fraction of sp³-hybridized carbons (Fsp3) is 0.273. The second-order valence-corrected chi connectivity index (χ2v) is 3.56. The van der Waals surface area contributed by atoms with E-state index in [0.29, 0.717) is 13.0 Å². The predicted octanol–water partition coefficient (Wildman–Crippen LogP) is 1.29. The zero-order chi connectivity index (χ0) is 12.7. The Bertz CT molecular complexity index is 392. The maximum absolute atomic E-state index is 11.7. The number of amidine groups is 1. The molecule has 0 aliphatic rings. The van der Waals surface area contributed by atoms with Gasteiger partial charge >= 0.3 is 6.03 Å². The van der Waals surface area contributed by atoms with Crippen molar-refractivity contribution in [3.63, 3.8) is 0 Å². The van der Waals surface area contributed by atoms with Gasteiger partial charge in [0.2, 0.25) is 0 Å². The van der Waals surface area contributed by atoms with Crippen LogP contribution >= 0.6 is 0 Å².